The summed E-state index contributed by atoms with van der Waals surface area (Å²) in [7, 11) is 1.95. The Morgan fingerprint density at radius 2 is 1.84 bits per heavy atom. The van der Waals surface area contributed by atoms with Crippen molar-refractivity contribution in [1.82, 2.24) is 19.9 Å². The summed E-state index contributed by atoms with van der Waals surface area (Å²) in [5.74, 6) is 0.943. The van der Waals surface area contributed by atoms with Gasteiger partial charge in [-0.05, 0) is 29.6 Å². The maximum absolute atomic E-state index is 12.1. The van der Waals surface area contributed by atoms with Gasteiger partial charge in [0.2, 0.25) is 5.91 Å². The molecule has 0 aliphatic rings. The van der Waals surface area contributed by atoms with Crippen LogP contribution < -0.4 is 16.1 Å². The minimum Gasteiger partial charge on any atom is -0.507 e. The molecule has 7 nitrogen and oxygen atoms in total. The molecule has 0 aliphatic carbocycles. The molecule has 0 unspecified atom stereocenters. The lowest BCUT2D eigenvalue weighted by Gasteiger charge is -2.12. The maximum atomic E-state index is 12.1. The average Bonchev–Trinajstić information content (AvgIpc) is 3.17. The van der Waals surface area contributed by atoms with Crippen molar-refractivity contribution < 1.29 is 9.90 Å². The first-order chi connectivity index (χ1) is 15.1. The molecular formula is C23H24BN5O2. The zero-order chi connectivity index (χ0) is 21.6. The number of benzene rings is 2. The summed E-state index contributed by atoms with van der Waals surface area (Å²) in [5.41, 5.74) is 4.12. The second-order valence-corrected chi connectivity index (χ2v) is 7.37. The molecule has 0 radical (unpaired) electrons. The average molecular weight is 413 g/mol. The lowest BCUT2D eigenvalue weighted by Crippen LogP contribution is -2.29. The summed E-state index contributed by atoms with van der Waals surface area (Å²) in [6.45, 7) is 1.03. The van der Waals surface area contributed by atoms with Gasteiger partial charge in [0.15, 0.2) is 5.65 Å². The van der Waals surface area contributed by atoms with Crippen LogP contribution in [0, 0.1) is 0 Å². The summed E-state index contributed by atoms with van der Waals surface area (Å²) in [4.78, 5) is 16.8. The fourth-order valence-electron chi connectivity index (χ4n) is 3.41. The normalized spacial score (nSPS) is 10.8. The highest BCUT2D eigenvalue weighted by Crippen LogP contribution is 2.29. The van der Waals surface area contributed by atoms with Gasteiger partial charge in [-0.3, -0.25) is 4.79 Å². The van der Waals surface area contributed by atoms with Crippen LogP contribution in [0.3, 0.4) is 0 Å². The second-order valence-electron chi connectivity index (χ2n) is 7.37. The van der Waals surface area contributed by atoms with Gasteiger partial charge in [-0.2, -0.15) is 9.61 Å². The number of nitrogens with zero attached hydrogens (tertiary/aromatic N) is 3. The number of rotatable bonds is 8. The number of anilines is 1. The van der Waals surface area contributed by atoms with Crippen molar-refractivity contribution in [3.63, 3.8) is 0 Å². The smallest absolute Gasteiger partial charge is 0.220 e. The Labute approximate surface area is 181 Å². The molecule has 0 atom stereocenters. The molecule has 0 saturated heterocycles. The van der Waals surface area contributed by atoms with Crippen LogP contribution in [0.4, 0.5) is 5.82 Å². The molecule has 156 valence electrons. The molecule has 3 N–H and O–H groups in total. The number of phenols is 1. The van der Waals surface area contributed by atoms with E-state index in [1.807, 2.05) is 56.4 Å². The monoisotopic (exact) mass is 413 g/mol. The number of aryl methyl sites for hydroxylation is 1. The van der Waals surface area contributed by atoms with Crippen molar-refractivity contribution in [3.05, 3.63) is 72.4 Å². The Balaban J connectivity index is 1.40. The van der Waals surface area contributed by atoms with Crippen LogP contribution in [0.2, 0.25) is 0 Å². The first-order valence-corrected chi connectivity index (χ1v) is 10.3. The molecule has 4 rings (SSSR count). The van der Waals surface area contributed by atoms with Crippen molar-refractivity contribution in [1.29, 1.82) is 0 Å². The van der Waals surface area contributed by atoms with Crippen LogP contribution in [0.25, 0.3) is 16.9 Å². The van der Waals surface area contributed by atoms with Gasteiger partial charge in [0.05, 0.1) is 5.69 Å². The topological polar surface area (TPSA) is 91.5 Å². The summed E-state index contributed by atoms with van der Waals surface area (Å²) in [6.07, 6.45) is 2.94. The van der Waals surface area contributed by atoms with Gasteiger partial charge >= 0.3 is 0 Å². The van der Waals surface area contributed by atoms with Gasteiger partial charge in [-0.1, -0.05) is 42.5 Å². The van der Waals surface area contributed by atoms with Crippen LogP contribution in [-0.4, -0.2) is 46.5 Å². The zero-order valence-electron chi connectivity index (χ0n) is 17.4. The van der Waals surface area contributed by atoms with Gasteiger partial charge in [0.25, 0.3) is 0 Å². The molecule has 0 aliphatic heterocycles. The summed E-state index contributed by atoms with van der Waals surface area (Å²) < 4.78 is 1.73. The van der Waals surface area contributed by atoms with E-state index in [2.05, 4.69) is 20.7 Å². The predicted molar refractivity (Wildman–Crippen MR) is 125 cm³/mol. The highest BCUT2D eigenvalue weighted by Gasteiger charge is 2.12. The molecule has 2 aromatic carbocycles. The van der Waals surface area contributed by atoms with Gasteiger partial charge in [0, 0.05) is 37.3 Å². The largest absolute Gasteiger partial charge is 0.507 e. The minimum atomic E-state index is 0.0235. The molecule has 0 fully saturated rings. The van der Waals surface area contributed by atoms with Crippen molar-refractivity contribution in [2.45, 2.75) is 12.8 Å². The van der Waals surface area contributed by atoms with Gasteiger partial charge in [-0.15, -0.1) is 0 Å². The number of hydrogen-bond donors (Lipinski definition) is 3. The minimum absolute atomic E-state index is 0.0235. The number of phenolic OH excluding ortho intramolecular Hbond substituents is 1. The Bertz CT molecular complexity index is 1190. The standard InChI is InChI=1S/C23H24BN5O2/c24-18-15-27-29-21(14-19(28-23(18)29)17-8-4-5-9-20(17)30)25-12-13-26-22(31)11-10-16-6-2-1-3-7-16/h1-9,14-15,25,30H,10-13,24H2,(H,26,31). The van der Waals surface area contributed by atoms with Crippen molar-refractivity contribution >= 4 is 30.7 Å². The van der Waals surface area contributed by atoms with Crippen molar-refractivity contribution in [2.24, 2.45) is 0 Å². The van der Waals surface area contributed by atoms with E-state index in [-0.39, 0.29) is 11.7 Å². The van der Waals surface area contributed by atoms with Crippen molar-refractivity contribution in [3.8, 4) is 17.0 Å². The Kier molecular flexibility index (Phi) is 6.17. The molecule has 1 amide bonds. The number of carbonyl (C=O) groups is 1. The molecule has 31 heavy (non-hydrogen) atoms. The molecule has 0 bridgehead atoms. The third kappa shape index (κ3) is 4.86. The van der Waals surface area contributed by atoms with Crippen LogP contribution in [0.1, 0.15) is 12.0 Å². The van der Waals surface area contributed by atoms with Crippen LogP contribution in [-0.2, 0) is 11.2 Å². The van der Waals surface area contributed by atoms with Gasteiger partial charge in [0.1, 0.15) is 19.4 Å². The number of aromatic hydroxyl groups is 1. The number of hydrogen-bond acceptors (Lipinski definition) is 5. The first-order valence-electron chi connectivity index (χ1n) is 10.3. The van der Waals surface area contributed by atoms with E-state index < -0.39 is 0 Å². The SMILES string of the molecule is Bc1cnn2c(NCCNC(=O)CCc3ccccc3)cc(-c3ccccc3O)nc12. The van der Waals surface area contributed by atoms with E-state index >= 15 is 0 Å². The molecular weight excluding hydrogens is 389 g/mol. The Morgan fingerprint density at radius 1 is 1.06 bits per heavy atom. The third-order valence-corrected chi connectivity index (χ3v) is 5.07. The summed E-state index contributed by atoms with van der Waals surface area (Å²) in [5, 5.41) is 20.9. The molecule has 0 saturated carbocycles. The summed E-state index contributed by atoms with van der Waals surface area (Å²) in [6, 6.07) is 18.9. The maximum Gasteiger partial charge on any atom is 0.220 e. The fraction of sp³-hybridized carbons (Fsp3) is 0.174. The number of para-hydroxylation sites is 1. The van der Waals surface area contributed by atoms with E-state index in [9.17, 15) is 9.90 Å². The van der Waals surface area contributed by atoms with E-state index in [4.69, 9.17) is 0 Å². The van der Waals surface area contributed by atoms with E-state index in [1.165, 1.54) is 0 Å². The van der Waals surface area contributed by atoms with E-state index in [0.29, 0.717) is 30.8 Å². The number of carbonyl (C=O) groups excluding carboxylic acids is 1. The lowest BCUT2D eigenvalue weighted by molar-refractivity contribution is -0.120. The highest BCUT2D eigenvalue weighted by molar-refractivity contribution is 6.36. The zero-order valence-corrected chi connectivity index (χ0v) is 17.4. The highest BCUT2D eigenvalue weighted by atomic mass is 16.3. The Hall–Kier alpha value is -3.81. The molecule has 0 spiro atoms. The lowest BCUT2D eigenvalue weighted by atomic mass is 10.0. The fourth-order valence-corrected chi connectivity index (χ4v) is 3.41. The number of fused-ring (bicyclic) bond motifs is 1. The van der Waals surface area contributed by atoms with Crippen LogP contribution >= 0.6 is 0 Å². The number of amides is 1. The van der Waals surface area contributed by atoms with E-state index in [0.717, 1.165) is 28.9 Å². The van der Waals surface area contributed by atoms with Crippen molar-refractivity contribution in [2.75, 3.05) is 18.4 Å². The number of aromatic nitrogens is 3. The quantitative estimate of drug-likeness (QED) is 0.301. The molecule has 2 aromatic heterocycles. The summed E-state index contributed by atoms with van der Waals surface area (Å²) >= 11 is 0. The second kappa shape index (κ2) is 9.34. The first kappa shape index (κ1) is 20.5. The van der Waals surface area contributed by atoms with Crippen LogP contribution in [0.15, 0.2) is 66.9 Å². The Morgan fingerprint density at radius 3 is 2.65 bits per heavy atom. The number of nitrogens with one attached hydrogen (secondary N) is 2. The molecule has 2 heterocycles. The van der Waals surface area contributed by atoms with Gasteiger partial charge < -0.3 is 15.7 Å². The third-order valence-electron chi connectivity index (χ3n) is 5.07. The predicted octanol–water partition coefficient (Wildman–Crippen LogP) is 1.52. The van der Waals surface area contributed by atoms with E-state index in [1.54, 1.807) is 22.8 Å². The molecule has 4 aromatic rings. The molecule has 8 heteroatoms. The van der Waals surface area contributed by atoms with Gasteiger partial charge in [-0.25, -0.2) is 4.98 Å². The van der Waals surface area contributed by atoms with Crippen LogP contribution in [0.5, 0.6) is 5.75 Å².